The zero-order valence-electron chi connectivity index (χ0n) is 11.7. The number of nitrogens with zero attached hydrogens (tertiary/aromatic N) is 3. The van der Waals surface area contributed by atoms with Gasteiger partial charge in [-0.3, -0.25) is 9.48 Å². The Balaban J connectivity index is 1.63. The summed E-state index contributed by atoms with van der Waals surface area (Å²) in [6.07, 6.45) is 2.52. The third kappa shape index (κ3) is 2.75. The van der Waals surface area contributed by atoms with Crippen LogP contribution in [0.1, 0.15) is 52.6 Å². The molecule has 0 radical (unpaired) electrons. The molecule has 2 aromatic heterocycles. The highest BCUT2D eigenvalue weighted by molar-refractivity contribution is 7.09. The van der Waals surface area contributed by atoms with Gasteiger partial charge in [0, 0.05) is 17.8 Å². The predicted molar refractivity (Wildman–Crippen MR) is 77.9 cm³/mol. The SMILES string of the molecule is CCn1nc(C)cc1C(=O)NCc1csc(C2CC2)n1. The van der Waals surface area contributed by atoms with E-state index in [9.17, 15) is 4.79 Å². The number of nitrogens with one attached hydrogen (secondary N) is 1. The molecule has 1 N–H and O–H groups in total. The number of hydrogen-bond acceptors (Lipinski definition) is 4. The fraction of sp³-hybridized carbons (Fsp3) is 0.500. The third-order valence-electron chi connectivity index (χ3n) is 3.36. The average molecular weight is 290 g/mol. The van der Waals surface area contributed by atoms with Crippen LogP contribution in [-0.4, -0.2) is 20.7 Å². The Hall–Kier alpha value is -1.69. The lowest BCUT2D eigenvalue weighted by molar-refractivity contribution is 0.0940. The topological polar surface area (TPSA) is 59.8 Å². The number of aromatic nitrogens is 3. The smallest absolute Gasteiger partial charge is 0.269 e. The van der Waals surface area contributed by atoms with Gasteiger partial charge >= 0.3 is 0 Å². The molecule has 0 aliphatic heterocycles. The molecule has 1 aliphatic carbocycles. The van der Waals surface area contributed by atoms with E-state index >= 15 is 0 Å². The molecule has 0 unspecified atom stereocenters. The van der Waals surface area contributed by atoms with E-state index in [1.54, 1.807) is 16.0 Å². The van der Waals surface area contributed by atoms with Gasteiger partial charge in [-0.15, -0.1) is 11.3 Å². The second-order valence-electron chi connectivity index (χ2n) is 5.12. The lowest BCUT2D eigenvalue weighted by atomic mass is 10.3. The summed E-state index contributed by atoms with van der Waals surface area (Å²) in [6, 6.07) is 1.81. The lowest BCUT2D eigenvalue weighted by Crippen LogP contribution is -2.25. The van der Waals surface area contributed by atoms with Gasteiger partial charge < -0.3 is 5.32 Å². The normalized spacial score (nSPS) is 14.5. The Morgan fingerprint density at radius 3 is 3.05 bits per heavy atom. The zero-order chi connectivity index (χ0) is 14.1. The van der Waals surface area contributed by atoms with Crippen LogP contribution in [0.5, 0.6) is 0 Å². The first-order valence-electron chi connectivity index (χ1n) is 6.94. The predicted octanol–water partition coefficient (Wildman–Crippen LogP) is 2.48. The Morgan fingerprint density at radius 2 is 2.35 bits per heavy atom. The van der Waals surface area contributed by atoms with Gasteiger partial charge in [-0.1, -0.05) is 0 Å². The van der Waals surface area contributed by atoms with E-state index < -0.39 is 0 Å². The minimum atomic E-state index is -0.0894. The minimum Gasteiger partial charge on any atom is -0.345 e. The van der Waals surface area contributed by atoms with Gasteiger partial charge in [-0.05, 0) is 32.8 Å². The van der Waals surface area contributed by atoms with E-state index in [2.05, 4.69) is 15.4 Å². The van der Waals surface area contributed by atoms with Crippen molar-refractivity contribution in [3.63, 3.8) is 0 Å². The molecule has 1 saturated carbocycles. The molecule has 1 amide bonds. The molecule has 0 saturated heterocycles. The van der Waals surface area contributed by atoms with E-state index in [1.807, 2.05) is 25.3 Å². The van der Waals surface area contributed by atoms with Crippen molar-refractivity contribution < 1.29 is 4.79 Å². The van der Waals surface area contributed by atoms with E-state index in [4.69, 9.17) is 0 Å². The summed E-state index contributed by atoms with van der Waals surface area (Å²) >= 11 is 1.70. The summed E-state index contributed by atoms with van der Waals surface area (Å²) in [5.74, 6) is 0.585. The maximum Gasteiger partial charge on any atom is 0.269 e. The second kappa shape index (κ2) is 5.36. The van der Waals surface area contributed by atoms with Gasteiger partial charge in [-0.25, -0.2) is 4.98 Å². The summed E-state index contributed by atoms with van der Waals surface area (Å²) in [6.45, 7) is 5.05. The number of rotatable bonds is 5. The Labute approximate surface area is 122 Å². The molecule has 0 atom stereocenters. The van der Waals surface area contributed by atoms with Crippen molar-refractivity contribution in [3.05, 3.63) is 33.5 Å². The van der Waals surface area contributed by atoms with Gasteiger partial charge in [0.15, 0.2) is 0 Å². The summed E-state index contributed by atoms with van der Waals surface area (Å²) in [4.78, 5) is 16.7. The van der Waals surface area contributed by atoms with Crippen LogP contribution in [0.2, 0.25) is 0 Å². The monoisotopic (exact) mass is 290 g/mol. The van der Waals surface area contributed by atoms with E-state index in [1.165, 1.54) is 17.8 Å². The van der Waals surface area contributed by atoms with E-state index in [0.29, 0.717) is 24.7 Å². The van der Waals surface area contributed by atoms with Gasteiger partial charge in [-0.2, -0.15) is 5.10 Å². The largest absolute Gasteiger partial charge is 0.345 e. The molecular formula is C14H18N4OS. The minimum absolute atomic E-state index is 0.0894. The molecule has 2 aromatic rings. The van der Waals surface area contributed by atoms with Crippen LogP contribution < -0.4 is 5.32 Å². The Morgan fingerprint density at radius 1 is 1.55 bits per heavy atom. The molecule has 0 aromatic carbocycles. The molecule has 1 fully saturated rings. The highest BCUT2D eigenvalue weighted by atomic mass is 32.1. The van der Waals surface area contributed by atoms with Gasteiger partial charge in [0.2, 0.25) is 0 Å². The molecule has 1 aliphatic rings. The van der Waals surface area contributed by atoms with Crippen molar-refractivity contribution in [2.75, 3.05) is 0 Å². The van der Waals surface area contributed by atoms with Crippen molar-refractivity contribution in [3.8, 4) is 0 Å². The third-order valence-corrected chi connectivity index (χ3v) is 4.42. The summed E-state index contributed by atoms with van der Waals surface area (Å²) in [5, 5.41) is 10.5. The molecule has 2 heterocycles. The number of carbonyl (C=O) groups excluding carboxylic acids is 1. The molecule has 3 rings (SSSR count). The maximum atomic E-state index is 12.2. The highest BCUT2D eigenvalue weighted by Gasteiger charge is 2.26. The second-order valence-corrected chi connectivity index (χ2v) is 6.01. The molecular weight excluding hydrogens is 272 g/mol. The van der Waals surface area contributed by atoms with Crippen molar-refractivity contribution in [1.82, 2.24) is 20.1 Å². The Kier molecular flexibility index (Phi) is 3.56. The number of amides is 1. The molecule has 20 heavy (non-hydrogen) atoms. The zero-order valence-corrected chi connectivity index (χ0v) is 12.5. The average Bonchev–Trinajstić information content (AvgIpc) is 3.06. The molecule has 106 valence electrons. The van der Waals surface area contributed by atoms with Crippen molar-refractivity contribution in [2.24, 2.45) is 0 Å². The number of carbonyl (C=O) groups is 1. The van der Waals surface area contributed by atoms with Gasteiger partial charge in [0.05, 0.1) is 22.9 Å². The van der Waals surface area contributed by atoms with Gasteiger partial charge in [0.25, 0.3) is 5.91 Å². The first-order chi connectivity index (χ1) is 9.67. The summed E-state index contributed by atoms with van der Waals surface area (Å²) in [5.41, 5.74) is 2.42. The van der Waals surface area contributed by atoms with Crippen LogP contribution in [0.3, 0.4) is 0 Å². The van der Waals surface area contributed by atoms with Crippen LogP contribution in [0, 0.1) is 6.92 Å². The summed E-state index contributed by atoms with van der Waals surface area (Å²) < 4.78 is 1.72. The van der Waals surface area contributed by atoms with Gasteiger partial charge in [0.1, 0.15) is 5.69 Å². The van der Waals surface area contributed by atoms with E-state index in [0.717, 1.165) is 11.4 Å². The standard InChI is InChI=1S/C14H18N4OS/c1-3-18-12(6-9(2)17-18)13(19)15-7-11-8-20-14(16-11)10-4-5-10/h6,8,10H,3-5,7H2,1-2H3,(H,15,19). The first-order valence-corrected chi connectivity index (χ1v) is 7.82. The number of hydrogen-bond donors (Lipinski definition) is 1. The fourth-order valence-electron chi connectivity index (χ4n) is 2.15. The fourth-order valence-corrected chi connectivity index (χ4v) is 3.14. The maximum absolute atomic E-state index is 12.2. The van der Waals surface area contributed by atoms with E-state index in [-0.39, 0.29) is 5.91 Å². The summed E-state index contributed by atoms with van der Waals surface area (Å²) in [7, 11) is 0. The van der Waals surface area contributed by atoms with Crippen LogP contribution >= 0.6 is 11.3 Å². The number of aryl methyl sites for hydroxylation is 2. The Bertz CT molecular complexity index is 627. The quantitative estimate of drug-likeness (QED) is 0.920. The van der Waals surface area contributed by atoms with Crippen LogP contribution in [-0.2, 0) is 13.1 Å². The van der Waals surface area contributed by atoms with Crippen molar-refractivity contribution in [2.45, 2.75) is 45.7 Å². The van der Waals surface area contributed by atoms with Crippen LogP contribution in [0.4, 0.5) is 0 Å². The first kappa shape index (κ1) is 13.3. The molecule has 0 bridgehead atoms. The van der Waals surface area contributed by atoms with Crippen molar-refractivity contribution in [1.29, 1.82) is 0 Å². The van der Waals surface area contributed by atoms with Crippen LogP contribution in [0.15, 0.2) is 11.4 Å². The lowest BCUT2D eigenvalue weighted by Gasteiger charge is -2.05. The van der Waals surface area contributed by atoms with Crippen molar-refractivity contribution >= 4 is 17.2 Å². The molecule has 0 spiro atoms. The molecule has 5 nitrogen and oxygen atoms in total. The number of thiazole rings is 1. The molecule has 6 heteroatoms. The highest BCUT2D eigenvalue weighted by Crippen LogP contribution is 2.41. The van der Waals surface area contributed by atoms with Crippen LogP contribution in [0.25, 0.3) is 0 Å².